The predicted octanol–water partition coefficient (Wildman–Crippen LogP) is 10.8. The van der Waals surface area contributed by atoms with E-state index in [0.29, 0.717) is 0 Å². The van der Waals surface area contributed by atoms with Gasteiger partial charge in [0.05, 0.1) is 0 Å². The van der Waals surface area contributed by atoms with E-state index in [1.807, 2.05) is 0 Å². The van der Waals surface area contributed by atoms with Crippen LogP contribution < -0.4 is 0 Å². The van der Waals surface area contributed by atoms with Gasteiger partial charge in [0.25, 0.3) is 0 Å². The normalized spacial score (nSPS) is 12.5. The summed E-state index contributed by atoms with van der Waals surface area (Å²) in [6, 6.07) is 0. The molecular weight excluding hydrogens is 336 g/mol. The number of hydrogen-bond acceptors (Lipinski definition) is 0. The highest BCUT2D eigenvalue weighted by atomic mass is 14.1. The molecule has 0 amide bonds. The van der Waals surface area contributed by atoms with Crippen LogP contribution in [0.15, 0.2) is 0 Å². The molecule has 0 saturated heterocycles. The summed E-state index contributed by atoms with van der Waals surface area (Å²) in [5.74, 6) is 0.720. The second kappa shape index (κ2) is 25.0. The molecule has 0 aliphatic rings. The summed E-state index contributed by atoms with van der Waals surface area (Å²) in [4.78, 5) is 0. The average molecular weight is 394 g/mol. The molecule has 0 heterocycles. The van der Waals surface area contributed by atoms with Crippen LogP contribution in [0.4, 0.5) is 0 Å². The van der Waals surface area contributed by atoms with Crippen molar-refractivity contribution in [1.82, 2.24) is 0 Å². The largest absolute Gasteiger partial charge is 0.0654 e. The van der Waals surface area contributed by atoms with E-state index in [1.165, 1.54) is 154 Å². The van der Waals surface area contributed by atoms with Gasteiger partial charge in [-0.25, -0.2) is 0 Å². The third kappa shape index (κ3) is 24.0. The highest BCUT2D eigenvalue weighted by Crippen LogP contribution is 2.18. The first-order valence-electron chi connectivity index (χ1n) is 13.6. The maximum atomic E-state index is 4.35. The minimum absolute atomic E-state index is 0.720. The Kier molecular flexibility index (Phi) is 25.0. The van der Waals surface area contributed by atoms with E-state index >= 15 is 0 Å². The van der Waals surface area contributed by atoms with Gasteiger partial charge in [-0.2, -0.15) is 0 Å². The standard InChI is InChI=1S/C28H57/c1-4-6-8-10-11-12-13-14-15-16-17-18-19-20-21-22-23-25-27-28(3)26-24-9-7-5-2/h28H,3-27H2,1-2H3. The fourth-order valence-corrected chi connectivity index (χ4v) is 4.34. The summed E-state index contributed by atoms with van der Waals surface area (Å²) in [6.07, 6.45) is 34.7. The molecule has 1 atom stereocenters. The molecule has 1 unspecified atom stereocenters. The van der Waals surface area contributed by atoms with Gasteiger partial charge in [-0.3, -0.25) is 0 Å². The Morgan fingerprint density at radius 3 is 0.857 bits per heavy atom. The van der Waals surface area contributed by atoms with Crippen molar-refractivity contribution in [2.45, 2.75) is 168 Å². The molecule has 0 aromatic heterocycles. The number of rotatable bonds is 24. The van der Waals surface area contributed by atoms with Crippen LogP contribution in [0.3, 0.4) is 0 Å². The molecule has 0 rings (SSSR count). The molecule has 0 bridgehead atoms. The molecule has 28 heavy (non-hydrogen) atoms. The van der Waals surface area contributed by atoms with Gasteiger partial charge in [0.15, 0.2) is 0 Å². The van der Waals surface area contributed by atoms with Gasteiger partial charge < -0.3 is 0 Å². The number of hydrogen-bond donors (Lipinski definition) is 0. The summed E-state index contributed by atoms with van der Waals surface area (Å²) >= 11 is 0. The third-order valence-corrected chi connectivity index (χ3v) is 6.43. The lowest BCUT2D eigenvalue weighted by atomic mass is 9.96. The summed E-state index contributed by atoms with van der Waals surface area (Å²) in [6.45, 7) is 8.94. The first-order valence-corrected chi connectivity index (χ1v) is 13.6. The van der Waals surface area contributed by atoms with Crippen molar-refractivity contribution in [2.75, 3.05) is 0 Å². The van der Waals surface area contributed by atoms with Gasteiger partial charge in [-0.15, -0.1) is 0 Å². The maximum Gasteiger partial charge on any atom is -0.0414 e. The molecule has 0 aromatic rings. The topological polar surface area (TPSA) is 0 Å². The van der Waals surface area contributed by atoms with Gasteiger partial charge in [-0.05, 0) is 5.92 Å². The van der Waals surface area contributed by atoms with Gasteiger partial charge >= 0.3 is 0 Å². The van der Waals surface area contributed by atoms with Crippen molar-refractivity contribution < 1.29 is 0 Å². The molecule has 0 aromatic carbocycles. The molecule has 0 saturated carbocycles. The van der Waals surface area contributed by atoms with E-state index in [2.05, 4.69) is 20.8 Å². The predicted molar refractivity (Wildman–Crippen MR) is 131 cm³/mol. The van der Waals surface area contributed by atoms with Crippen LogP contribution in [0.1, 0.15) is 168 Å². The average Bonchev–Trinajstić information content (AvgIpc) is 2.70. The molecule has 0 N–H and O–H groups in total. The second-order valence-corrected chi connectivity index (χ2v) is 9.51. The van der Waals surface area contributed by atoms with Gasteiger partial charge in [-0.1, -0.05) is 175 Å². The first-order chi connectivity index (χ1) is 13.8. The minimum Gasteiger partial charge on any atom is -0.0654 e. The Balaban J connectivity index is 3.06. The summed E-state index contributed by atoms with van der Waals surface area (Å²) in [5, 5.41) is 0. The van der Waals surface area contributed by atoms with Crippen LogP contribution in [0, 0.1) is 12.8 Å². The van der Waals surface area contributed by atoms with Crippen molar-refractivity contribution in [3.63, 3.8) is 0 Å². The lowest BCUT2D eigenvalue weighted by molar-refractivity contribution is 0.464. The van der Waals surface area contributed by atoms with Gasteiger partial charge in [0.1, 0.15) is 0 Å². The van der Waals surface area contributed by atoms with E-state index in [4.69, 9.17) is 0 Å². The Morgan fingerprint density at radius 2 is 0.571 bits per heavy atom. The van der Waals surface area contributed by atoms with E-state index in [-0.39, 0.29) is 0 Å². The molecule has 0 nitrogen and oxygen atoms in total. The van der Waals surface area contributed by atoms with Crippen molar-refractivity contribution in [2.24, 2.45) is 5.92 Å². The maximum absolute atomic E-state index is 4.35. The molecule has 0 aliphatic heterocycles. The monoisotopic (exact) mass is 393 g/mol. The molecule has 1 radical (unpaired) electrons. The van der Waals surface area contributed by atoms with Crippen LogP contribution in [0.5, 0.6) is 0 Å². The zero-order valence-corrected chi connectivity index (χ0v) is 20.3. The molecule has 169 valence electrons. The lowest BCUT2D eigenvalue weighted by Gasteiger charge is -2.10. The van der Waals surface area contributed by atoms with E-state index < -0.39 is 0 Å². The fourth-order valence-electron chi connectivity index (χ4n) is 4.34. The summed E-state index contributed by atoms with van der Waals surface area (Å²) in [5.41, 5.74) is 0. The Morgan fingerprint density at radius 1 is 0.357 bits per heavy atom. The van der Waals surface area contributed by atoms with Gasteiger partial charge in [0.2, 0.25) is 0 Å². The van der Waals surface area contributed by atoms with Crippen LogP contribution >= 0.6 is 0 Å². The van der Waals surface area contributed by atoms with E-state index in [1.54, 1.807) is 0 Å². The Bertz CT molecular complexity index is 257. The summed E-state index contributed by atoms with van der Waals surface area (Å²) < 4.78 is 0. The van der Waals surface area contributed by atoms with Crippen LogP contribution in [0.25, 0.3) is 0 Å². The summed E-state index contributed by atoms with van der Waals surface area (Å²) in [7, 11) is 0. The van der Waals surface area contributed by atoms with Gasteiger partial charge in [0, 0.05) is 0 Å². The highest BCUT2D eigenvalue weighted by Gasteiger charge is 2.02. The second-order valence-electron chi connectivity index (χ2n) is 9.51. The smallest absolute Gasteiger partial charge is 0.0414 e. The molecule has 0 spiro atoms. The van der Waals surface area contributed by atoms with Crippen molar-refractivity contribution in [3.05, 3.63) is 6.92 Å². The molecular formula is C28H57. The minimum atomic E-state index is 0.720. The fraction of sp³-hybridized carbons (Fsp3) is 0.964. The van der Waals surface area contributed by atoms with Crippen molar-refractivity contribution in [1.29, 1.82) is 0 Å². The highest BCUT2D eigenvalue weighted by molar-refractivity contribution is 4.62. The Hall–Kier alpha value is 0. The molecule has 0 aliphatic carbocycles. The zero-order valence-electron chi connectivity index (χ0n) is 20.3. The number of unbranched alkanes of at least 4 members (excludes halogenated alkanes) is 20. The van der Waals surface area contributed by atoms with Crippen molar-refractivity contribution >= 4 is 0 Å². The molecule has 0 fully saturated rings. The van der Waals surface area contributed by atoms with Crippen LogP contribution in [-0.4, -0.2) is 0 Å². The van der Waals surface area contributed by atoms with Crippen LogP contribution in [-0.2, 0) is 0 Å². The van der Waals surface area contributed by atoms with E-state index in [9.17, 15) is 0 Å². The quantitative estimate of drug-likeness (QED) is 0.143. The van der Waals surface area contributed by atoms with Crippen LogP contribution in [0.2, 0.25) is 0 Å². The SMILES string of the molecule is [CH2]C(CCCCCC)CCCCCCCCCCCCCCCCCCCC. The lowest BCUT2D eigenvalue weighted by Crippen LogP contribution is -1.95. The van der Waals surface area contributed by atoms with Crippen molar-refractivity contribution in [3.8, 4) is 0 Å². The van der Waals surface area contributed by atoms with E-state index in [0.717, 1.165) is 5.92 Å². The molecule has 0 heteroatoms. The third-order valence-electron chi connectivity index (χ3n) is 6.43. The Labute approximate surface area is 181 Å². The first kappa shape index (κ1) is 28.0. The zero-order chi connectivity index (χ0) is 20.5.